The Balaban J connectivity index is 1.58. The third kappa shape index (κ3) is 2.36. The van der Waals surface area contributed by atoms with Gasteiger partial charge in [-0.05, 0) is 49.1 Å². The number of hydrogen-bond acceptors (Lipinski definition) is 3. The van der Waals surface area contributed by atoms with Gasteiger partial charge in [0.05, 0.1) is 5.69 Å². The SMILES string of the molecule is Cc1cc(-n2cccn2)ccc1[C@H]1CC(=O)Nc2n[nH]c(C3CCC3)c21. The predicted molar refractivity (Wildman–Crippen MR) is 98.6 cm³/mol. The van der Waals surface area contributed by atoms with Crippen LogP contribution in [0.25, 0.3) is 5.69 Å². The molecular weight excluding hydrogens is 326 g/mol. The second kappa shape index (κ2) is 5.83. The summed E-state index contributed by atoms with van der Waals surface area (Å²) < 4.78 is 1.85. The lowest BCUT2D eigenvalue weighted by Gasteiger charge is -2.30. The van der Waals surface area contributed by atoms with Crippen LogP contribution in [-0.4, -0.2) is 25.9 Å². The van der Waals surface area contributed by atoms with E-state index in [0.717, 1.165) is 5.69 Å². The van der Waals surface area contributed by atoms with Crippen molar-refractivity contribution in [1.29, 1.82) is 0 Å². The van der Waals surface area contributed by atoms with Crippen LogP contribution in [-0.2, 0) is 4.79 Å². The van der Waals surface area contributed by atoms with Crippen molar-refractivity contribution in [2.45, 2.75) is 44.4 Å². The van der Waals surface area contributed by atoms with E-state index < -0.39 is 0 Å². The zero-order valence-corrected chi connectivity index (χ0v) is 14.7. The number of anilines is 1. The summed E-state index contributed by atoms with van der Waals surface area (Å²) in [5.74, 6) is 1.35. The Morgan fingerprint density at radius 1 is 1.27 bits per heavy atom. The largest absolute Gasteiger partial charge is 0.309 e. The summed E-state index contributed by atoms with van der Waals surface area (Å²) >= 11 is 0. The van der Waals surface area contributed by atoms with E-state index in [9.17, 15) is 4.79 Å². The van der Waals surface area contributed by atoms with Crippen molar-refractivity contribution < 1.29 is 4.79 Å². The minimum Gasteiger partial charge on any atom is -0.309 e. The Morgan fingerprint density at radius 2 is 2.15 bits per heavy atom. The number of nitrogens with zero attached hydrogens (tertiary/aromatic N) is 3. The molecular formula is C20H21N5O. The summed E-state index contributed by atoms with van der Waals surface area (Å²) in [7, 11) is 0. The normalized spacial score (nSPS) is 19.7. The zero-order chi connectivity index (χ0) is 17.7. The molecule has 1 atom stereocenters. The van der Waals surface area contributed by atoms with Gasteiger partial charge in [0.2, 0.25) is 5.91 Å². The molecule has 0 unspecified atom stereocenters. The molecule has 1 aromatic carbocycles. The van der Waals surface area contributed by atoms with Gasteiger partial charge in [-0.15, -0.1) is 0 Å². The molecule has 3 aromatic rings. The van der Waals surface area contributed by atoms with Crippen LogP contribution in [0.5, 0.6) is 0 Å². The van der Waals surface area contributed by atoms with E-state index in [-0.39, 0.29) is 11.8 Å². The van der Waals surface area contributed by atoms with E-state index in [1.807, 2.05) is 16.9 Å². The topological polar surface area (TPSA) is 75.6 Å². The number of aryl methyl sites for hydroxylation is 1. The van der Waals surface area contributed by atoms with Crippen molar-refractivity contribution in [3.63, 3.8) is 0 Å². The van der Waals surface area contributed by atoms with Crippen molar-refractivity contribution in [2.24, 2.45) is 0 Å². The molecule has 26 heavy (non-hydrogen) atoms. The van der Waals surface area contributed by atoms with Gasteiger partial charge in [-0.3, -0.25) is 9.89 Å². The molecule has 0 bridgehead atoms. The number of hydrogen-bond donors (Lipinski definition) is 2. The van der Waals surface area contributed by atoms with Gasteiger partial charge in [0, 0.05) is 41.9 Å². The maximum absolute atomic E-state index is 12.3. The van der Waals surface area contributed by atoms with Crippen LogP contribution in [0.4, 0.5) is 5.82 Å². The van der Waals surface area contributed by atoms with Crippen molar-refractivity contribution in [3.05, 3.63) is 59.0 Å². The number of fused-ring (bicyclic) bond motifs is 1. The van der Waals surface area contributed by atoms with Crippen LogP contribution in [0, 0.1) is 6.92 Å². The van der Waals surface area contributed by atoms with Gasteiger partial charge < -0.3 is 5.32 Å². The maximum atomic E-state index is 12.3. The maximum Gasteiger partial charge on any atom is 0.226 e. The number of benzene rings is 1. The summed E-state index contributed by atoms with van der Waals surface area (Å²) in [6.45, 7) is 2.11. The molecule has 1 amide bonds. The highest BCUT2D eigenvalue weighted by Gasteiger charge is 2.35. The molecule has 0 radical (unpaired) electrons. The molecule has 1 aliphatic heterocycles. The van der Waals surface area contributed by atoms with Crippen LogP contribution in [0.15, 0.2) is 36.7 Å². The summed E-state index contributed by atoms with van der Waals surface area (Å²) in [6, 6.07) is 8.26. The van der Waals surface area contributed by atoms with E-state index in [1.54, 1.807) is 6.20 Å². The predicted octanol–water partition coefficient (Wildman–Crippen LogP) is 3.65. The fraction of sp³-hybridized carbons (Fsp3) is 0.350. The van der Waals surface area contributed by atoms with Crippen molar-refractivity contribution >= 4 is 11.7 Å². The van der Waals surface area contributed by atoms with Gasteiger partial charge >= 0.3 is 0 Å². The van der Waals surface area contributed by atoms with Gasteiger partial charge in [0.25, 0.3) is 0 Å². The van der Waals surface area contributed by atoms with Crippen LogP contribution in [0.1, 0.15) is 59.9 Å². The molecule has 1 saturated carbocycles. The fourth-order valence-corrected chi connectivity index (χ4v) is 4.17. The highest BCUT2D eigenvalue weighted by molar-refractivity contribution is 5.94. The van der Waals surface area contributed by atoms with E-state index >= 15 is 0 Å². The first-order valence-electron chi connectivity index (χ1n) is 9.19. The molecule has 0 saturated heterocycles. The molecule has 6 nitrogen and oxygen atoms in total. The van der Waals surface area contributed by atoms with E-state index in [0.29, 0.717) is 18.2 Å². The summed E-state index contributed by atoms with van der Waals surface area (Å²) in [5.41, 5.74) is 5.79. The third-order valence-corrected chi connectivity index (χ3v) is 5.74. The molecule has 3 heterocycles. The molecule has 6 heteroatoms. The quantitative estimate of drug-likeness (QED) is 0.759. The molecule has 0 spiro atoms. The number of H-pyrrole nitrogens is 1. The van der Waals surface area contributed by atoms with Crippen molar-refractivity contribution in [2.75, 3.05) is 5.32 Å². The first-order valence-corrected chi connectivity index (χ1v) is 9.19. The molecule has 1 aliphatic carbocycles. The van der Waals surface area contributed by atoms with Crippen LogP contribution in [0.3, 0.4) is 0 Å². The Morgan fingerprint density at radius 3 is 2.85 bits per heavy atom. The van der Waals surface area contributed by atoms with Crippen LogP contribution >= 0.6 is 0 Å². The summed E-state index contributed by atoms with van der Waals surface area (Å²) in [4.78, 5) is 12.3. The number of amides is 1. The highest BCUT2D eigenvalue weighted by atomic mass is 16.1. The second-order valence-electron chi connectivity index (χ2n) is 7.32. The van der Waals surface area contributed by atoms with Crippen molar-refractivity contribution in [3.8, 4) is 5.69 Å². The number of nitrogens with one attached hydrogen (secondary N) is 2. The van der Waals surface area contributed by atoms with Crippen LogP contribution < -0.4 is 5.32 Å². The van der Waals surface area contributed by atoms with E-state index in [2.05, 4.69) is 45.7 Å². The number of carbonyl (C=O) groups excluding carboxylic acids is 1. The molecule has 2 N–H and O–H groups in total. The van der Waals surface area contributed by atoms with Gasteiger partial charge in [-0.25, -0.2) is 4.68 Å². The first kappa shape index (κ1) is 15.4. The molecule has 1 fully saturated rings. The monoisotopic (exact) mass is 347 g/mol. The van der Waals surface area contributed by atoms with Gasteiger partial charge in [-0.2, -0.15) is 10.2 Å². The highest BCUT2D eigenvalue weighted by Crippen LogP contribution is 2.46. The van der Waals surface area contributed by atoms with Gasteiger partial charge in [0.1, 0.15) is 0 Å². The second-order valence-corrected chi connectivity index (χ2v) is 7.32. The lowest BCUT2D eigenvalue weighted by molar-refractivity contribution is -0.116. The fourth-order valence-electron chi connectivity index (χ4n) is 4.17. The van der Waals surface area contributed by atoms with Crippen molar-refractivity contribution in [1.82, 2.24) is 20.0 Å². The molecule has 132 valence electrons. The average Bonchev–Trinajstić information content (AvgIpc) is 3.23. The minimum absolute atomic E-state index is 0.0321. The Hall–Kier alpha value is -2.89. The smallest absolute Gasteiger partial charge is 0.226 e. The molecule has 2 aliphatic rings. The molecule has 2 aromatic heterocycles. The Kier molecular flexibility index (Phi) is 3.45. The number of aromatic nitrogens is 4. The molecule has 5 rings (SSSR count). The minimum atomic E-state index is 0.0321. The lowest BCUT2D eigenvalue weighted by atomic mass is 9.76. The number of rotatable bonds is 3. The summed E-state index contributed by atoms with van der Waals surface area (Å²) in [6.07, 6.45) is 7.85. The standard InChI is InChI=1S/C20H21N5O/c1-12-10-14(25-9-3-8-21-25)6-7-15(12)16-11-17(26)22-20-18(16)19(23-24-20)13-4-2-5-13/h3,6-10,13,16H,2,4-5,11H2,1H3,(H2,22,23,24,26)/t16-/m1/s1. The lowest BCUT2D eigenvalue weighted by Crippen LogP contribution is -2.25. The first-order chi connectivity index (χ1) is 12.7. The van der Waals surface area contributed by atoms with Gasteiger partial charge in [-0.1, -0.05) is 12.5 Å². The summed E-state index contributed by atoms with van der Waals surface area (Å²) in [5, 5.41) is 14.9. The van der Waals surface area contributed by atoms with Crippen LogP contribution in [0.2, 0.25) is 0 Å². The number of aromatic amines is 1. The third-order valence-electron chi connectivity index (χ3n) is 5.74. The van der Waals surface area contributed by atoms with Gasteiger partial charge in [0.15, 0.2) is 5.82 Å². The Bertz CT molecular complexity index is 968. The van der Waals surface area contributed by atoms with E-state index in [1.165, 1.54) is 41.6 Å². The zero-order valence-electron chi connectivity index (χ0n) is 14.7. The number of carbonyl (C=O) groups is 1. The average molecular weight is 347 g/mol. The Labute approximate surface area is 151 Å². The van der Waals surface area contributed by atoms with E-state index in [4.69, 9.17) is 0 Å².